The van der Waals surface area contributed by atoms with E-state index in [0.717, 1.165) is 23.3 Å². The maximum Gasteiger partial charge on any atom is 0.190 e. The van der Waals surface area contributed by atoms with Crippen molar-refractivity contribution in [2.24, 2.45) is 17.8 Å². The van der Waals surface area contributed by atoms with Gasteiger partial charge in [-0.1, -0.05) is 44.0 Å². The summed E-state index contributed by atoms with van der Waals surface area (Å²) >= 11 is 0. The van der Waals surface area contributed by atoms with Crippen molar-refractivity contribution in [2.75, 3.05) is 7.11 Å². The third-order valence-electron chi connectivity index (χ3n) is 7.22. The molecule has 3 heteroatoms. The third-order valence-corrected chi connectivity index (χ3v) is 7.22. The highest BCUT2D eigenvalue weighted by molar-refractivity contribution is 5.65. The van der Waals surface area contributed by atoms with Crippen molar-refractivity contribution in [1.82, 2.24) is 0 Å². The van der Waals surface area contributed by atoms with Gasteiger partial charge in [-0.15, -0.1) is 0 Å². The number of hydrogen-bond donors (Lipinski definition) is 0. The first kappa shape index (κ1) is 19.4. The molecule has 2 aromatic rings. The Balaban J connectivity index is 1.47. The highest BCUT2D eigenvalue weighted by Gasteiger charge is 2.35. The van der Waals surface area contributed by atoms with Crippen LogP contribution in [0.5, 0.6) is 5.75 Å². The lowest BCUT2D eigenvalue weighted by Gasteiger charge is -2.42. The van der Waals surface area contributed by atoms with E-state index in [2.05, 4.69) is 19.1 Å². The van der Waals surface area contributed by atoms with Crippen molar-refractivity contribution in [2.45, 2.75) is 57.8 Å². The predicted octanol–water partition coefficient (Wildman–Crippen LogP) is 7.35. The number of methoxy groups -OCH3 is 1. The Morgan fingerprint density at radius 2 is 1.50 bits per heavy atom. The first-order valence-corrected chi connectivity index (χ1v) is 10.7. The van der Waals surface area contributed by atoms with Crippen molar-refractivity contribution in [3.05, 3.63) is 53.6 Å². The minimum absolute atomic E-state index is 0.324. The molecule has 0 spiro atoms. The van der Waals surface area contributed by atoms with Gasteiger partial charge in [-0.3, -0.25) is 0 Å². The van der Waals surface area contributed by atoms with Crippen LogP contribution in [0.1, 0.15) is 63.4 Å². The molecule has 2 aromatic carbocycles. The number of halogens is 2. The molecule has 0 N–H and O–H groups in total. The van der Waals surface area contributed by atoms with Crippen molar-refractivity contribution in [3.63, 3.8) is 0 Å². The number of rotatable bonds is 4. The van der Waals surface area contributed by atoms with Gasteiger partial charge in [0.2, 0.25) is 0 Å². The molecule has 4 unspecified atom stereocenters. The van der Waals surface area contributed by atoms with Crippen LogP contribution in [0.15, 0.2) is 36.4 Å². The predicted molar refractivity (Wildman–Crippen MR) is 110 cm³/mol. The second-order valence-corrected chi connectivity index (χ2v) is 8.71. The van der Waals surface area contributed by atoms with E-state index in [1.807, 2.05) is 12.1 Å². The monoisotopic (exact) mass is 384 g/mol. The van der Waals surface area contributed by atoms with Gasteiger partial charge in [-0.2, -0.15) is 0 Å². The van der Waals surface area contributed by atoms with Crippen LogP contribution in [0.4, 0.5) is 8.78 Å². The third kappa shape index (κ3) is 3.81. The second-order valence-electron chi connectivity index (χ2n) is 8.71. The van der Waals surface area contributed by atoms with Crippen LogP contribution >= 0.6 is 0 Å². The summed E-state index contributed by atoms with van der Waals surface area (Å²) in [6.45, 7) is 2.33. The topological polar surface area (TPSA) is 9.23 Å². The van der Waals surface area contributed by atoms with Crippen LogP contribution in [-0.4, -0.2) is 7.11 Å². The molecule has 1 nitrogen and oxygen atoms in total. The molecule has 0 aromatic heterocycles. The minimum Gasteiger partial charge on any atom is -0.491 e. The summed E-state index contributed by atoms with van der Waals surface area (Å²) in [7, 11) is 1.28. The summed E-state index contributed by atoms with van der Waals surface area (Å²) in [5, 5.41) is 0. The molecule has 150 valence electrons. The van der Waals surface area contributed by atoms with Crippen LogP contribution in [0.25, 0.3) is 11.1 Å². The van der Waals surface area contributed by atoms with Crippen LogP contribution in [0.2, 0.25) is 0 Å². The largest absolute Gasteiger partial charge is 0.491 e. The zero-order valence-electron chi connectivity index (χ0n) is 16.9. The lowest BCUT2D eigenvalue weighted by atomic mass is 9.63. The van der Waals surface area contributed by atoms with Crippen molar-refractivity contribution in [3.8, 4) is 16.9 Å². The molecule has 0 amide bonds. The van der Waals surface area contributed by atoms with Crippen LogP contribution in [0.3, 0.4) is 0 Å². The number of ether oxygens (including phenoxy) is 1. The van der Waals surface area contributed by atoms with Gasteiger partial charge < -0.3 is 4.74 Å². The molecule has 2 aliphatic rings. The molecule has 0 aliphatic heterocycles. The fraction of sp³-hybridized carbons (Fsp3) is 0.520. The lowest BCUT2D eigenvalue weighted by molar-refractivity contribution is 0.116. The van der Waals surface area contributed by atoms with Gasteiger partial charge >= 0.3 is 0 Å². The van der Waals surface area contributed by atoms with Gasteiger partial charge in [0, 0.05) is 0 Å². The SMILES string of the molecule is CCC1CCC2CC(c3ccc(-c4cc(F)c(OC)c(F)c4)cc3)CCC2C1. The molecule has 2 fully saturated rings. The first-order chi connectivity index (χ1) is 13.6. The molecule has 0 heterocycles. The highest BCUT2D eigenvalue weighted by Crippen LogP contribution is 2.48. The quantitative estimate of drug-likeness (QED) is 0.535. The molecule has 4 atom stereocenters. The van der Waals surface area contributed by atoms with Crippen LogP contribution < -0.4 is 4.74 Å². The van der Waals surface area contributed by atoms with E-state index in [9.17, 15) is 8.78 Å². The van der Waals surface area contributed by atoms with Crippen LogP contribution in [-0.2, 0) is 0 Å². The molecule has 2 aliphatic carbocycles. The standard InChI is InChI=1S/C25H30F2O/c1-3-16-4-5-21-13-20(11-10-19(21)12-16)17-6-8-18(9-7-17)22-14-23(26)25(28-2)24(27)15-22/h6-9,14-16,19-21H,3-5,10-13H2,1-2H3. The molecule has 28 heavy (non-hydrogen) atoms. The van der Waals surface area contributed by atoms with Crippen molar-refractivity contribution < 1.29 is 13.5 Å². The number of benzene rings is 2. The Bertz CT molecular complexity index is 791. The summed E-state index contributed by atoms with van der Waals surface area (Å²) < 4.78 is 32.8. The average Bonchev–Trinajstić information content (AvgIpc) is 2.73. The normalized spacial score (nSPS) is 27.3. The fourth-order valence-corrected chi connectivity index (χ4v) is 5.53. The van der Waals surface area contributed by atoms with E-state index in [1.165, 1.54) is 69.8 Å². The second kappa shape index (κ2) is 8.23. The Labute approximate surface area is 167 Å². The maximum atomic E-state index is 14.0. The molecular weight excluding hydrogens is 354 g/mol. The lowest BCUT2D eigenvalue weighted by Crippen LogP contribution is -2.30. The zero-order valence-corrected chi connectivity index (χ0v) is 16.9. The van der Waals surface area contributed by atoms with E-state index in [-0.39, 0.29) is 5.75 Å². The van der Waals surface area contributed by atoms with Gasteiger partial charge in [0.1, 0.15) is 0 Å². The molecular formula is C25H30F2O. The summed E-state index contributed by atoms with van der Waals surface area (Å²) in [6, 6.07) is 11.0. The Hall–Kier alpha value is -1.90. The van der Waals surface area contributed by atoms with E-state index in [1.54, 1.807) is 0 Å². The fourth-order valence-electron chi connectivity index (χ4n) is 5.53. The first-order valence-electron chi connectivity index (χ1n) is 10.7. The average molecular weight is 385 g/mol. The molecule has 0 radical (unpaired) electrons. The van der Waals surface area contributed by atoms with Gasteiger partial charge in [0.25, 0.3) is 0 Å². The zero-order chi connectivity index (χ0) is 19.7. The smallest absolute Gasteiger partial charge is 0.190 e. The molecule has 0 saturated heterocycles. The van der Waals surface area contributed by atoms with E-state index in [4.69, 9.17) is 4.74 Å². The number of fused-ring (bicyclic) bond motifs is 1. The Kier molecular flexibility index (Phi) is 5.70. The molecule has 0 bridgehead atoms. The summed E-state index contributed by atoms with van der Waals surface area (Å²) in [6.07, 6.45) is 9.47. The van der Waals surface area contributed by atoms with Gasteiger partial charge in [0.15, 0.2) is 17.4 Å². The van der Waals surface area contributed by atoms with Crippen molar-refractivity contribution >= 4 is 0 Å². The van der Waals surface area contributed by atoms with Gasteiger partial charge in [0.05, 0.1) is 7.11 Å². The summed E-state index contributed by atoms with van der Waals surface area (Å²) in [4.78, 5) is 0. The Morgan fingerprint density at radius 1 is 0.857 bits per heavy atom. The van der Waals surface area contributed by atoms with E-state index >= 15 is 0 Å². The molecule has 4 rings (SSSR count). The van der Waals surface area contributed by atoms with Crippen molar-refractivity contribution in [1.29, 1.82) is 0 Å². The Morgan fingerprint density at radius 3 is 2.14 bits per heavy atom. The van der Waals surface area contributed by atoms with Gasteiger partial charge in [-0.05, 0) is 84.6 Å². The van der Waals surface area contributed by atoms with Crippen LogP contribution in [0, 0.1) is 29.4 Å². The maximum absolute atomic E-state index is 14.0. The van der Waals surface area contributed by atoms with E-state index < -0.39 is 11.6 Å². The minimum atomic E-state index is -0.664. The summed E-state index contributed by atoms with van der Waals surface area (Å²) in [5.41, 5.74) is 2.75. The van der Waals surface area contributed by atoms with Gasteiger partial charge in [-0.25, -0.2) is 8.78 Å². The highest BCUT2D eigenvalue weighted by atomic mass is 19.1. The number of hydrogen-bond acceptors (Lipinski definition) is 1. The van der Waals surface area contributed by atoms with E-state index in [0.29, 0.717) is 11.5 Å². The molecule has 2 saturated carbocycles. The summed E-state index contributed by atoms with van der Waals surface area (Å²) in [5.74, 6) is 1.73.